The maximum absolute atomic E-state index is 13.6. The number of carbonyl (C=O) groups excluding carboxylic acids is 5. The second-order valence-corrected chi connectivity index (χ2v) is 19.9. The summed E-state index contributed by atoms with van der Waals surface area (Å²) in [5.41, 5.74) is 4.17. The molecule has 4 amide bonds. The zero-order valence-electron chi connectivity index (χ0n) is 43.3. The van der Waals surface area contributed by atoms with Crippen molar-refractivity contribution in [3.63, 3.8) is 0 Å². The van der Waals surface area contributed by atoms with E-state index in [4.69, 9.17) is 14.9 Å². The Bertz CT molecular complexity index is 2610. The van der Waals surface area contributed by atoms with Gasteiger partial charge in [-0.15, -0.1) is 0 Å². The van der Waals surface area contributed by atoms with E-state index in [1.54, 1.807) is 72.7 Å². The monoisotopic (exact) mass is 1010 g/mol. The zero-order valence-corrected chi connectivity index (χ0v) is 43.3. The molecule has 0 saturated carbocycles. The molecule has 394 valence electrons. The van der Waals surface area contributed by atoms with Gasteiger partial charge in [0.1, 0.15) is 40.8 Å². The lowest BCUT2D eigenvalue weighted by atomic mass is 9.96. The third-order valence-corrected chi connectivity index (χ3v) is 11.3. The third-order valence-electron chi connectivity index (χ3n) is 11.3. The quantitative estimate of drug-likeness (QED) is 0.0305. The predicted octanol–water partition coefficient (Wildman–Crippen LogP) is 8.57. The smallest absolute Gasteiger partial charge is 0.408 e. The van der Waals surface area contributed by atoms with Crippen molar-refractivity contribution in [2.24, 2.45) is 0 Å². The SMILES string of the molecule is CC(=N)c1ccc(CCC(=O)[C@H](Cc2ccc(O)cc2)NC(=O)[C@@H](CCc2ccccc2)NC(=O)OC(C)(C)C)cc1.CC(C)(C)OC(=O)N[C@H](CCc1ccccc1)C(=O)N[C@@H](Cc1ccc(O)cc1)C(=O)O. The van der Waals surface area contributed by atoms with Crippen LogP contribution in [-0.4, -0.2) is 92.2 Å². The van der Waals surface area contributed by atoms with Crippen molar-refractivity contribution >= 4 is 41.5 Å². The summed E-state index contributed by atoms with van der Waals surface area (Å²) in [6, 6.07) is 35.3. The van der Waals surface area contributed by atoms with Crippen LogP contribution in [0.15, 0.2) is 133 Å². The number of hydrogen-bond donors (Lipinski definition) is 8. The Morgan fingerprint density at radius 3 is 1.23 bits per heavy atom. The number of phenols is 2. The van der Waals surface area contributed by atoms with Crippen LogP contribution >= 0.6 is 0 Å². The first-order valence-corrected chi connectivity index (χ1v) is 24.6. The molecule has 0 aliphatic carbocycles. The van der Waals surface area contributed by atoms with Crippen molar-refractivity contribution in [3.05, 3.63) is 167 Å². The molecular weight excluding hydrogens is 943 g/mol. The molecule has 0 spiro atoms. The van der Waals surface area contributed by atoms with Crippen molar-refractivity contribution in [2.45, 2.75) is 135 Å². The van der Waals surface area contributed by atoms with Crippen LogP contribution in [0.2, 0.25) is 0 Å². The van der Waals surface area contributed by atoms with Crippen LogP contribution in [0.3, 0.4) is 0 Å². The number of carboxylic acids is 1. The number of Topliss-reactive ketones (excluding diaryl/α,β-unsaturated/α-hetero) is 1. The van der Waals surface area contributed by atoms with E-state index in [1.165, 1.54) is 24.3 Å². The number of ketones is 1. The first kappa shape index (κ1) is 58.6. The number of carboxylic acid groups (broad SMARTS) is 1. The molecule has 8 N–H and O–H groups in total. The van der Waals surface area contributed by atoms with Crippen LogP contribution in [0.25, 0.3) is 0 Å². The van der Waals surface area contributed by atoms with Crippen molar-refractivity contribution in [2.75, 3.05) is 0 Å². The van der Waals surface area contributed by atoms with Gasteiger partial charge < -0.3 is 51.5 Å². The normalized spacial score (nSPS) is 12.7. The molecule has 5 aromatic carbocycles. The van der Waals surface area contributed by atoms with E-state index in [-0.39, 0.29) is 43.0 Å². The standard InChI is InChI=1S/C34H41N3O5.C24H30N2O6/c1-23(35)27-16-10-25(11-17-27)15-21-31(39)30(22-26-12-18-28(38)19-13-26)36-32(40)29(37-33(41)42-34(2,3)4)20-14-24-8-6-5-7-9-24;1-24(2,3)32-23(31)26-19(14-11-16-7-5-4-6-8-16)21(28)25-20(22(29)30)15-17-9-12-18(27)13-10-17/h5-13,16-19,29-30,35,38H,14-15,20-22H2,1-4H3,(H,36,40)(H,37,41);4-10,12-13,19-20,27H,11,14-15H2,1-3H3,(H,25,28)(H,26,31)(H,29,30)/t29-,30+;19-,20+/m11/s1. The van der Waals surface area contributed by atoms with Gasteiger partial charge in [-0.25, -0.2) is 14.4 Å². The molecular formula is C58H71N5O11. The van der Waals surface area contributed by atoms with E-state index in [1.807, 2.05) is 84.9 Å². The number of hydrogen-bond acceptors (Lipinski definition) is 11. The number of rotatable bonds is 22. The zero-order chi connectivity index (χ0) is 54.4. The number of aryl methyl sites for hydroxylation is 3. The number of ether oxygens (including phenoxy) is 2. The molecule has 0 unspecified atom stereocenters. The minimum atomic E-state index is -1.20. The van der Waals surface area contributed by atoms with E-state index in [2.05, 4.69) is 21.3 Å². The molecule has 0 saturated heterocycles. The number of aliphatic carboxylic acids is 1. The van der Waals surface area contributed by atoms with Crippen LogP contribution in [0.4, 0.5) is 9.59 Å². The summed E-state index contributed by atoms with van der Waals surface area (Å²) in [5, 5.41) is 47.1. The van der Waals surface area contributed by atoms with Gasteiger partial charge >= 0.3 is 18.2 Å². The first-order valence-electron chi connectivity index (χ1n) is 24.6. The maximum Gasteiger partial charge on any atom is 0.408 e. The summed E-state index contributed by atoms with van der Waals surface area (Å²) in [6.07, 6.45) is 1.09. The van der Waals surface area contributed by atoms with Gasteiger partial charge in [0, 0.05) is 18.6 Å². The fourth-order valence-corrected chi connectivity index (χ4v) is 7.44. The topological polar surface area (TPSA) is 254 Å². The molecule has 0 aliphatic heterocycles. The highest BCUT2D eigenvalue weighted by Crippen LogP contribution is 2.17. The number of carbonyl (C=O) groups is 6. The molecule has 4 atom stereocenters. The van der Waals surface area contributed by atoms with Gasteiger partial charge in [0.05, 0.1) is 6.04 Å². The van der Waals surface area contributed by atoms with Crippen LogP contribution in [0.5, 0.6) is 11.5 Å². The number of benzene rings is 5. The van der Waals surface area contributed by atoms with E-state index in [0.717, 1.165) is 27.8 Å². The van der Waals surface area contributed by atoms with Crippen molar-refractivity contribution in [1.29, 1.82) is 5.41 Å². The predicted molar refractivity (Wildman–Crippen MR) is 283 cm³/mol. The Morgan fingerprint density at radius 1 is 0.486 bits per heavy atom. The lowest BCUT2D eigenvalue weighted by molar-refractivity contribution is -0.142. The summed E-state index contributed by atoms with van der Waals surface area (Å²) in [7, 11) is 0. The summed E-state index contributed by atoms with van der Waals surface area (Å²) < 4.78 is 10.7. The minimum absolute atomic E-state index is 0.0270. The van der Waals surface area contributed by atoms with Crippen LogP contribution < -0.4 is 21.3 Å². The van der Waals surface area contributed by atoms with E-state index in [0.29, 0.717) is 37.0 Å². The maximum atomic E-state index is 13.6. The Balaban J connectivity index is 0.000000333. The lowest BCUT2D eigenvalue weighted by Crippen LogP contribution is -2.53. The van der Waals surface area contributed by atoms with Crippen molar-refractivity contribution in [1.82, 2.24) is 21.3 Å². The largest absolute Gasteiger partial charge is 0.508 e. The van der Waals surface area contributed by atoms with Crippen molar-refractivity contribution in [3.8, 4) is 11.5 Å². The van der Waals surface area contributed by atoms with E-state index < -0.39 is 65.3 Å². The number of nitrogens with one attached hydrogen (secondary N) is 5. The molecule has 5 rings (SSSR count). The van der Waals surface area contributed by atoms with E-state index in [9.17, 15) is 44.1 Å². The van der Waals surface area contributed by atoms with Crippen LogP contribution in [-0.2, 0) is 60.8 Å². The molecule has 0 aliphatic rings. The molecule has 0 fully saturated rings. The number of alkyl carbamates (subject to hydrolysis) is 2. The molecule has 74 heavy (non-hydrogen) atoms. The molecule has 5 aromatic rings. The second kappa shape index (κ2) is 28.3. The summed E-state index contributed by atoms with van der Waals surface area (Å²) >= 11 is 0. The highest BCUT2D eigenvalue weighted by atomic mass is 16.6. The minimum Gasteiger partial charge on any atom is -0.508 e. The van der Waals surface area contributed by atoms with Crippen molar-refractivity contribution < 1.29 is 53.6 Å². The Labute approximate surface area is 433 Å². The fraction of sp³-hybridized carbons (Fsp3) is 0.362. The Hall–Kier alpha value is -8.01. The lowest BCUT2D eigenvalue weighted by Gasteiger charge is -2.25. The van der Waals surface area contributed by atoms with Gasteiger partial charge in [-0.2, -0.15) is 0 Å². The average molecular weight is 1010 g/mol. The Kier molecular flexibility index (Phi) is 22.4. The van der Waals surface area contributed by atoms with Crippen LogP contribution in [0, 0.1) is 5.41 Å². The number of phenolic OH excluding ortho intramolecular Hbond substituents is 2. The molecule has 0 bridgehead atoms. The summed E-state index contributed by atoms with van der Waals surface area (Å²) in [5.74, 6) is -2.27. The summed E-state index contributed by atoms with van der Waals surface area (Å²) in [6.45, 7) is 12.1. The summed E-state index contributed by atoms with van der Waals surface area (Å²) in [4.78, 5) is 76.7. The van der Waals surface area contributed by atoms with Gasteiger partial charge in [-0.1, -0.05) is 109 Å². The molecule has 16 heteroatoms. The number of aromatic hydroxyl groups is 2. The van der Waals surface area contributed by atoms with Gasteiger partial charge in [0.25, 0.3) is 0 Å². The second-order valence-electron chi connectivity index (χ2n) is 19.9. The highest BCUT2D eigenvalue weighted by molar-refractivity contribution is 5.96. The third kappa shape index (κ3) is 22.2. The van der Waals surface area contributed by atoms with Gasteiger partial charge in [-0.3, -0.25) is 14.4 Å². The molecule has 0 radical (unpaired) electrons. The molecule has 0 heterocycles. The molecule has 0 aromatic heterocycles. The van der Waals surface area contributed by atoms with Gasteiger partial charge in [-0.05, 0) is 145 Å². The number of amides is 4. The molecule has 16 nitrogen and oxygen atoms in total. The Morgan fingerprint density at radius 2 is 0.851 bits per heavy atom. The van der Waals surface area contributed by atoms with E-state index >= 15 is 0 Å². The average Bonchev–Trinajstić information content (AvgIpc) is 3.34. The van der Waals surface area contributed by atoms with Gasteiger partial charge in [0.15, 0.2) is 5.78 Å². The van der Waals surface area contributed by atoms with Crippen LogP contribution in [0.1, 0.15) is 101 Å². The highest BCUT2D eigenvalue weighted by Gasteiger charge is 2.30. The first-order chi connectivity index (χ1) is 34.9. The van der Waals surface area contributed by atoms with Gasteiger partial charge in [0.2, 0.25) is 11.8 Å². The fourth-order valence-electron chi connectivity index (χ4n) is 7.44.